The fraction of sp³-hybridized carbons (Fsp3) is 0.233. The summed E-state index contributed by atoms with van der Waals surface area (Å²) < 4.78 is 42.9. The molecule has 0 bridgehead atoms. The maximum atomic E-state index is 13.7. The van der Waals surface area contributed by atoms with Gasteiger partial charge in [0.2, 0.25) is 5.91 Å². The number of hydrogen-bond acceptors (Lipinski definition) is 4. The maximum absolute atomic E-state index is 13.7. The van der Waals surface area contributed by atoms with E-state index < -0.39 is 22.9 Å². The number of anilines is 1. The Kier molecular flexibility index (Phi) is 8.75. The van der Waals surface area contributed by atoms with E-state index in [2.05, 4.69) is 42.9 Å². The zero-order chi connectivity index (χ0) is 29.1. The Labute approximate surface area is 240 Å². The summed E-state index contributed by atoms with van der Waals surface area (Å²) in [6.07, 6.45) is -3.01. The number of nitrogens with zero attached hydrogens (tertiary/aromatic N) is 3. The lowest BCUT2D eigenvalue weighted by Crippen LogP contribution is -2.22. The third-order valence-electron chi connectivity index (χ3n) is 6.15. The quantitative estimate of drug-likeness (QED) is 0.166. The Balaban J connectivity index is 1.70. The minimum atomic E-state index is -4.70. The van der Waals surface area contributed by atoms with Gasteiger partial charge in [-0.25, -0.2) is 0 Å². The molecule has 10 heteroatoms. The fourth-order valence-electron chi connectivity index (χ4n) is 4.07. The van der Waals surface area contributed by atoms with Gasteiger partial charge < -0.3 is 5.32 Å². The van der Waals surface area contributed by atoms with Gasteiger partial charge in [0.15, 0.2) is 11.0 Å². The highest BCUT2D eigenvalue weighted by atomic mass is 35.5. The van der Waals surface area contributed by atoms with E-state index in [0.29, 0.717) is 23.1 Å². The van der Waals surface area contributed by atoms with Crippen molar-refractivity contribution in [2.24, 2.45) is 0 Å². The summed E-state index contributed by atoms with van der Waals surface area (Å²) in [5, 5.41) is 10.6. The fourth-order valence-corrected chi connectivity index (χ4v) is 5.29. The first-order valence-electron chi connectivity index (χ1n) is 12.4. The molecule has 1 amide bonds. The molecular weight excluding hydrogens is 557 g/mol. The van der Waals surface area contributed by atoms with Crippen LogP contribution in [0.15, 0.2) is 90.6 Å². The summed E-state index contributed by atoms with van der Waals surface area (Å²) in [5.74, 6) is -0.0552. The Hall–Kier alpha value is -3.56. The number of carbonyl (C=O) groups excluding carboxylic acids is 1. The Bertz CT molecular complexity index is 1500. The van der Waals surface area contributed by atoms with Crippen molar-refractivity contribution in [3.63, 3.8) is 0 Å². The standard InChI is InChI=1S/C30H28ClF3N4OS/c1-5-17-38-26(20-11-13-21(14-12-20)29(2,3)4)36-37-28(38)40-25(19-9-7-6-8-10-19)27(39)35-24-16-15-22(31)18-23(24)30(32,33)34/h5-16,18,25H,1,17H2,2-4H3,(H,35,39)/t25-/m0/s1. The minimum absolute atomic E-state index is 0.0132. The van der Waals surface area contributed by atoms with E-state index in [1.807, 2.05) is 28.8 Å². The monoisotopic (exact) mass is 584 g/mol. The van der Waals surface area contributed by atoms with Crippen LogP contribution in [0.1, 0.15) is 42.7 Å². The molecule has 0 aliphatic rings. The van der Waals surface area contributed by atoms with Gasteiger partial charge in [-0.1, -0.05) is 105 Å². The molecule has 5 nitrogen and oxygen atoms in total. The lowest BCUT2D eigenvalue weighted by molar-refractivity contribution is -0.137. The van der Waals surface area contributed by atoms with Crippen LogP contribution >= 0.6 is 23.4 Å². The molecule has 1 N–H and O–H groups in total. The number of nitrogens with one attached hydrogen (secondary N) is 1. The van der Waals surface area contributed by atoms with Gasteiger partial charge >= 0.3 is 6.18 Å². The molecule has 208 valence electrons. The van der Waals surface area contributed by atoms with Gasteiger partial charge in [-0.05, 0) is 34.7 Å². The van der Waals surface area contributed by atoms with Crippen molar-refractivity contribution in [3.05, 3.63) is 107 Å². The van der Waals surface area contributed by atoms with Crippen LogP contribution in [0.4, 0.5) is 18.9 Å². The van der Waals surface area contributed by atoms with E-state index in [1.165, 1.54) is 11.6 Å². The molecule has 0 spiro atoms. The number of allylic oxidation sites excluding steroid dienone is 1. The topological polar surface area (TPSA) is 59.8 Å². The van der Waals surface area contributed by atoms with Crippen molar-refractivity contribution in [3.8, 4) is 11.4 Å². The lowest BCUT2D eigenvalue weighted by Gasteiger charge is -2.20. The highest BCUT2D eigenvalue weighted by molar-refractivity contribution is 8.00. The van der Waals surface area contributed by atoms with Crippen LogP contribution in [0, 0.1) is 0 Å². The van der Waals surface area contributed by atoms with E-state index in [0.717, 1.165) is 29.5 Å². The number of halogens is 4. The van der Waals surface area contributed by atoms with Crippen LogP contribution in [0.3, 0.4) is 0 Å². The number of amides is 1. The third-order valence-corrected chi connectivity index (χ3v) is 7.62. The van der Waals surface area contributed by atoms with Crippen molar-refractivity contribution >= 4 is 35.0 Å². The van der Waals surface area contributed by atoms with Crippen LogP contribution in [-0.4, -0.2) is 20.7 Å². The SMILES string of the molecule is C=CCn1c(S[C@H](C(=O)Nc2ccc(Cl)cc2C(F)(F)F)c2ccccc2)nnc1-c1ccc(C(C)(C)C)cc1. The van der Waals surface area contributed by atoms with Gasteiger partial charge in [0.25, 0.3) is 0 Å². The molecule has 1 aromatic heterocycles. The van der Waals surface area contributed by atoms with Crippen LogP contribution < -0.4 is 5.32 Å². The molecule has 4 rings (SSSR count). The second-order valence-electron chi connectivity index (χ2n) is 10.1. The Morgan fingerprint density at radius 2 is 1.73 bits per heavy atom. The third kappa shape index (κ3) is 6.77. The average molecular weight is 585 g/mol. The number of alkyl halides is 3. The summed E-state index contributed by atoms with van der Waals surface area (Å²) in [7, 11) is 0. The van der Waals surface area contributed by atoms with Crippen molar-refractivity contribution in [2.45, 2.75) is 49.3 Å². The minimum Gasteiger partial charge on any atom is -0.324 e. The number of benzene rings is 3. The van der Waals surface area contributed by atoms with E-state index in [4.69, 9.17) is 11.6 Å². The first-order chi connectivity index (χ1) is 18.9. The van der Waals surface area contributed by atoms with Gasteiger partial charge in [-0.15, -0.1) is 16.8 Å². The van der Waals surface area contributed by atoms with Crippen LogP contribution in [-0.2, 0) is 22.9 Å². The summed E-state index contributed by atoms with van der Waals surface area (Å²) in [6, 6.07) is 20.1. The molecule has 0 saturated carbocycles. The van der Waals surface area contributed by atoms with E-state index in [1.54, 1.807) is 36.4 Å². The van der Waals surface area contributed by atoms with Gasteiger partial charge in [0, 0.05) is 17.1 Å². The number of rotatable bonds is 8. The molecular formula is C30H28ClF3N4OS. The van der Waals surface area contributed by atoms with Crippen molar-refractivity contribution in [2.75, 3.05) is 5.32 Å². The van der Waals surface area contributed by atoms with E-state index >= 15 is 0 Å². The molecule has 1 atom stereocenters. The van der Waals surface area contributed by atoms with E-state index in [-0.39, 0.29) is 16.1 Å². The lowest BCUT2D eigenvalue weighted by atomic mass is 9.87. The second kappa shape index (κ2) is 11.9. The molecule has 3 aromatic carbocycles. The van der Waals surface area contributed by atoms with Crippen LogP contribution in [0.25, 0.3) is 11.4 Å². The number of hydrogen-bond donors (Lipinski definition) is 1. The summed E-state index contributed by atoms with van der Waals surface area (Å²) in [4.78, 5) is 13.5. The van der Waals surface area contributed by atoms with E-state index in [9.17, 15) is 18.0 Å². The maximum Gasteiger partial charge on any atom is 0.418 e. The molecule has 0 aliphatic heterocycles. The highest BCUT2D eigenvalue weighted by Crippen LogP contribution is 2.40. The second-order valence-corrected chi connectivity index (χ2v) is 11.6. The normalized spacial score (nSPS) is 12.7. The Morgan fingerprint density at radius 3 is 2.33 bits per heavy atom. The molecule has 0 unspecified atom stereocenters. The molecule has 0 radical (unpaired) electrons. The van der Waals surface area contributed by atoms with Crippen molar-refractivity contribution < 1.29 is 18.0 Å². The summed E-state index contributed by atoms with van der Waals surface area (Å²) >= 11 is 6.91. The molecule has 0 saturated heterocycles. The van der Waals surface area contributed by atoms with Gasteiger partial charge in [-0.2, -0.15) is 13.2 Å². The molecule has 4 aromatic rings. The molecule has 0 aliphatic carbocycles. The van der Waals surface area contributed by atoms with Crippen LogP contribution in [0.5, 0.6) is 0 Å². The summed E-state index contributed by atoms with van der Waals surface area (Å²) in [5.41, 5.74) is 1.18. The first-order valence-corrected chi connectivity index (χ1v) is 13.7. The zero-order valence-corrected chi connectivity index (χ0v) is 23.7. The Morgan fingerprint density at radius 1 is 1.05 bits per heavy atom. The van der Waals surface area contributed by atoms with Crippen LogP contribution in [0.2, 0.25) is 5.02 Å². The van der Waals surface area contributed by atoms with Gasteiger partial charge in [-0.3, -0.25) is 9.36 Å². The van der Waals surface area contributed by atoms with Crippen molar-refractivity contribution in [1.29, 1.82) is 0 Å². The predicted octanol–water partition coefficient (Wildman–Crippen LogP) is 8.57. The molecule has 0 fully saturated rings. The zero-order valence-electron chi connectivity index (χ0n) is 22.2. The number of thioether (sulfide) groups is 1. The highest BCUT2D eigenvalue weighted by Gasteiger charge is 2.35. The number of aromatic nitrogens is 3. The average Bonchev–Trinajstić information content (AvgIpc) is 3.30. The van der Waals surface area contributed by atoms with Gasteiger partial charge in [0.05, 0.1) is 11.3 Å². The summed E-state index contributed by atoms with van der Waals surface area (Å²) in [6.45, 7) is 10.6. The largest absolute Gasteiger partial charge is 0.418 e. The van der Waals surface area contributed by atoms with Crippen molar-refractivity contribution in [1.82, 2.24) is 14.8 Å². The predicted molar refractivity (Wildman–Crippen MR) is 154 cm³/mol. The molecule has 40 heavy (non-hydrogen) atoms. The first kappa shape index (κ1) is 29.4. The van der Waals surface area contributed by atoms with Gasteiger partial charge in [0.1, 0.15) is 5.25 Å². The smallest absolute Gasteiger partial charge is 0.324 e. The molecule has 1 heterocycles. The number of carbonyl (C=O) groups is 1.